The van der Waals surface area contributed by atoms with Gasteiger partial charge in [0.2, 0.25) is 23.6 Å². The maximum Gasteiger partial charge on any atom is 0.354 e. The molecule has 814 valence electrons. The molecule has 4 atom stereocenters. The largest absolute Gasteiger partial charge is 0.481 e. The van der Waals surface area contributed by atoms with Gasteiger partial charge in [0.15, 0.2) is 10.8 Å². The van der Waals surface area contributed by atoms with E-state index in [-0.39, 0.29) is 206 Å². The topological polar surface area (TPSA) is 670 Å². The molecular weight excluding hydrogens is 2050 g/mol. The first-order valence-corrected chi connectivity index (χ1v) is 49.7. The number of aliphatic hydroxyl groups excluding tert-OH is 2. The van der Waals surface area contributed by atoms with E-state index in [4.69, 9.17) is 78.9 Å². The average Bonchev–Trinajstić information content (AvgIpc) is 1.79. The minimum absolute atomic E-state index is 0.00983. The Kier molecular flexibility index (Phi) is 67.9. The smallest absolute Gasteiger partial charge is 0.354 e. The van der Waals surface area contributed by atoms with Crippen molar-refractivity contribution in [2.45, 2.75) is 134 Å². The zero-order valence-electron chi connectivity index (χ0n) is 82.1. The van der Waals surface area contributed by atoms with Gasteiger partial charge in [-0.1, -0.05) is 35.5 Å². The van der Waals surface area contributed by atoms with E-state index in [9.17, 15) is 93.3 Å². The lowest BCUT2D eigenvalue weighted by Crippen LogP contribution is -2.51. The van der Waals surface area contributed by atoms with Crippen LogP contribution in [0.15, 0.2) is 85.1 Å². The summed E-state index contributed by atoms with van der Waals surface area (Å²) in [5.74, 6) is -9.08. The fourth-order valence-electron chi connectivity index (χ4n) is 13.3. The van der Waals surface area contributed by atoms with Crippen LogP contribution in [-0.2, 0) is 126 Å². The normalized spacial score (nSPS) is 12.1. The summed E-state index contributed by atoms with van der Waals surface area (Å²) in [6, 6.07) is 15.7. The summed E-state index contributed by atoms with van der Waals surface area (Å²) in [5.41, 5.74) is 3.46. The molecule has 0 bridgehead atoms. The van der Waals surface area contributed by atoms with Crippen LogP contribution in [0.5, 0.6) is 0 Å². The number of pyridine rings is 2. The van der Waals surface area contributed by atoms with Crippen molar-refractivity contribution in [2.24, 2.45) is 0 Å². The van der Waals surface area contributed by atoms with E-state index in [0.717, 1.165) is 9.13 Å². The number of carbonyl (C=O) groups excluding carboxylic acids is 6. The molecule has 3 heterocycles. The highest BCUT2D eigenvalue weighted by Gasteiger charge is 2.27. The van der Waals surface area contributed by atoms with Crippen LogP contribution in [-0.4, -0.2) is 414 Å². The number of hydrogen-bond donors (Lipinski definition) is 18. The van der Waals surface area contributed by atoms with Crippen LogP contribution >= 0.6 is 34.8 Å². The van der Waals surface area contributed by atoms with Crippen LogP contribution in [0.3, 0.4) is 0 Å². The zero-order valence-corrected chi connectivity index (χ0v) is 85.0. The third kappa shape index (κ3) is 61.5. The Balaban J connectivity index is 0.935. The molecule has 0 fully saturated rings. The molecule has 50 nitrogen and oxygen atoms in total. The van der Waals surface area contributed by atoms with Gasteiger partial charge in [0.05, 0.1) is 216 Å². The van der Waals surface area contributed by atoms with Crippen LogP contribution in [0.1, 0.15) is 121 Å². The predicted octanol–water partition coefficient (Wildman–Crippen LogP) is 2.24. The van der Waals surface area contributed by atoms with E-state index in [0.29, 0.717) is 185 Å². The van der Waals surface area contributed by atoms with Gasteiger partial charge in [-0.15, -0.1) is 5.10 Å². The fraction of sp³-hybridized carbons (Fsp3) is 0.606. The number of aliphatic carboxylic acids is 4. The van der Waals surface area contributed by atoms with Crippen molar-refractivity contribution < 1.29 is 160 Å². The van der Waals surface area contributed by atoms with Gasteiger partial charge in [0, 0.05) is 105 Å². The molecule has 8 amide bonds. The van der Waals surface area contributed by atoms with Crippen molar-refractivity contribution in [3.63, 3.8) is 0 Å². The average molecular weight is 2200 g/mol. The number of nitrogens with one attached hydrogen (secondary N) is 10. The fourth-order valence-corrected chi connectivity index (χ4v) is 13.9. The van der Waals surface area contributed by atoms with Gasteiger partial charge < -0.3 is 156 Å². The summed E-state index contributed by atoms with van der Waals surface area (Å²) < 4.78 is 75.8. The highest BCUT2D eigenvalue weighted by molar-refractivity contribution is 14.1. The standard InChI is InChI=1S/C94H142IN17O33S/c95-70-18-16-68(17-19-70)61-84(117)96-24-4-2-13-77(88(123)124)105-83(116)23-36-134-42-48-140-51-53-142-55-57-144-59-60-145-58-56-143-54-52-141-49-43-135-37-27-97-86(120)75(12-1-6-26-99-94(146)103-73-63-74(101-80(64-73)91(129)130)66-111(29-34-114)31-39-137-45-44-136-38-30-110(28-33-113)65-72-11-8-15-76(100-72)87(121)122)104-82(115)22-35-133-41-47-139-50-46-138-40-32-112-67-81(108-109-112)69-9-7-10-71(62-69)102-92(131)98-25-5-3-14-78(89(125)126)106-93(132)107-79(90(127)128)20-21-85(118)119/h7-11,15-19,62-64,67,75,77-79,113-114H,1-6,12-14,20-61,65-66H2,(H,96,117)(H,97,120)(H,104,115)(H,105,116)(H,118,119)(H,121,122)(H,123,124)(H,125,126)(H,127,128)(H,129,130)(H2,98,102,131)(H2,106,107,132)(H2,99,101,103,146)/t75-,77-,78-,79-/m0/s1. The summed E-state index contributed by atoms with van der Waals surface area (Å²) in [4.78, 5) is 158. The van der Waals surface area contributed by atoms with Gasteiger partial charge in [-0.05, 0) is 153 Å². The Morgan fingerprint density at radius 2 is 0.836 bits per heavy atom. The number of hydrogen-bond acceptors (Lipinski definition) is 34. The Bertz CT molecular complexity index is 4620. The minimum atomic E-state index is -1.54. The number of carboxylic acid groups (broad SMARTS) is 6. The molecule has 0 radical (unpaired) electrons. The van der Waals surface area contributed by atoms with E-state index < -0.39 is 103 Å². The summed E-state index contributed by atoms with van der Waals surface area (Å²) >= 11 is 7.80. The molecular formula is C94H142IN17O33S. The molecule has 18 N–H and O–H groups in total. The Hall–Kier alpha value is -11.1. The van der Waals surface area contributed by atoms with E-state index in [2.05, 4.69) is 96.0 Å². The van der Waals surface area contributed by atoms with Crippen molar-refractivity contribution in [3.05, 3.63) is 117 Å². The van der Waals surface area contributed by atoms with Crippen molar-refractivity contribution in [3.8, 4) is 11.3 Å². The van der Waals surface area contributed by atoms with Gasteiger partial charge in [0.25, 0.3) is 0 Å². The van der Waals surface area contributed by atoms with E-state index in [1.807, 2.05) is 34.1 Å². The molecule has 146 heavy (non-hydrogen) atoms. The summed E-state index contributed by atoms with van der Waals surface area (Å²) in [7, 11) is 0. The first-order valence-electron chi connectivity index (χ1n) is 48.2. The molecule has 0 aliphatic heterocycles. The Morgan fingerprint density at radius 1 is 0.390 bits per heavy atom. The van der Waals surface area contributed by atoms with E-state index in [1.54, 1.807) is 53.3 Å². The summed E-state index contributed by atoms with van der Waals surface area (Å²) in [5, 5.41) is 112. The quantitative estimate of drug-likeness (QED) is 0.0151. The summed E-state index contributed by atoms with van der Waals surface area (Å²) in [6.07, 6.45) is 3.99. The molecule has 5 aromatic rings. The highest BCUT2D eigenvalue weighted by atomic mass is 127. The van der Waals surface area contributed by atoms with Crippen LogP contribution in [0.25, 0.3) is 11.3 Å². The highest BCUT2D eigenvalue weighted by Crippen LogP contribution is 2.22. The van der Waals surface area contributed by atoms with E-state index in [1.165, 1.54) is 12.1 Å². The van der Waals surface area contributed by atoms with Crippen molar-refractivity contribution >= 4 is 123 Å². The van der Waals surface area contributed by atoms with Gasteiger partial charge >= 0.3 is 47.9 Å². The summed E-state index contributed by atoms with van der Waals surface area (Å²) in [6.45, 7) is 9.74. The molecule has 0 saturated carbocycles. The third-order valence-corrected chi connectivity index (χ3v) is 21.8. The second kappa shape index (κ2) is 79.1. The number of anilines is 2. The number of aromatic carboxylic acids is 2. The molecule has 0 saturated heterocycles. The first kappa shape index (κ1) is 125. The van der Waals surface area contributed by atoms with Crippen LogP contribution in [0, 0.1) is 3.57 Å². The SMILES string of the molecule is O=C(O)CC[C@H](NC(=O)N[C@@H](CCCCNC(=O)Nc1cccc(-c2cn(CCOCCOCCOCCC(=O)N[C@@H](CCCCNC(=S)Nc3cc(CN(CCO)CCOCCOCCN(CCO)Cc4cccc(C(=O)O)n4)nc(C(=O)O)c3)C(=O)NCCOCCOCCOCCOCCOCCOCCOCCOCCC(=O)N[C@@H](CCCCNC(=O)Cc3ccc(I)cc3)C(=O)O)nn2)c1)C(=O)O)C(=O)O. The molecule has 0 unspecified atom stereocenters. The van der Waals surface area contributed by atoms with Crippen molar-refractivity contribution in [2.75, 3.05) is 248 Å². The number of unbranched alkanes of at least 4 members (excludes halogenated alkanes) is 3. The second-order valence-corrected chi connectivity index (χ2v) is 34.0. The molecule has 52 heteroatoms. The number of ether oxygens (including phenoxy) is 13. The van der Waals surface area contributed by atoms with Crippen LogP contribution < -0.4 is 53.2 Å². The number of carbonyl (C=O) groups is 12. The molecule has 5 rings (SSSR count). The van der Waals surface area contributed by atoms with Crippen LogP contribution in [0.4, 0.5) is 21.0 Å². The number of aliphatic hydroxyl groups is 2. The molecule has 0 aliphatic rings. The van der Waals surface area contributed by atoms with Crippen molar-refractivity contribution in [1.29, 1.82) is 0 Å². The number of aromatic nitrogens is 5. The lowest BCUT2D eigenvalue weighted by atomic mass is 10.1. The predicted molar refractivity (Wildman–Crippen MR) is 537 cm³/mol. The monoisotopic (exact) mass is 2200 g/mol. The number of nitrogens with zero attached hydrogens (tertiary/aromatic N) is 7. The van der Waals surface area contributed by atoms with Gasteiger partial charge in [0.1, 0.15) is 35.6 Å². The van der Waals surface area contributed by atoms with Gasteiger partial charge in [-0.25, -0.2) is 48.2 Å². The van der Waals surface area contributed by atoms with Gasteiger partial charge in [-0.3, -0.25) is 33.8 Å². The Morgan fingerprint density at radius 3 is 1.34 bits per heavy atom. The molecule has 3 aromatic heterocycles. The zero-order chi connectivity index (χ0) is 106. The lowest BCUT2D eigenvalue weighted by Gasteiger charge is -2.22. The Labute approximate surface area is 865 Å². The number of halogens is 1. The first-order chi connectivity index (χ1) is 70.7. The van der Waals surface area contributed by atoms with Crippen molar-refractivity contribution in [1.82, 2.24) is 77.3 Å². The lowest BCUT2D eigenvalue weighted by molar-refractivity contribution is -0.142. The molecule has 2 aromatic carbocycles. The second-order valence-electron chi connectivity index (χ2n) is 32.4. The molecule has 0 aliphatic carbocycles. The number of thiocarbonyl (C=S) groups is 1. The number of rotatable bonds is 89. The maximum absolute atomic E-state index is 13.7. The van der Waals surface area contributed by atoms with Gasteiger partial charge in [-0.2, -0.15) is 0 Å². The third-order valence-electron chi connectivity index (χ3n) is 20.8. The van der Waals surface area contributed by atoms with E-state index >= 15 is 0 Å². The number of urea groups is 2. The minimum Gasteiger partial charge on any atom is -0.481 e. The number of carboxylic acids is 6. The number of amides is 8. The maximum atomic E-state index is 13.7. The van der Waals surface area contributed by atoms with Crippen LogP contribution in [0.2, 0.25) is 0 Å². The molecule has 0 spiro atoms. The number of benzene rings is 2.